The summed E-state index contributed by atoms with van der Waals surface area (Å²) in [7, 11) is 1.38. The van der Waals surface area contributed by atoms with Gasteiger partial charge in [0.05, 0.1) is 30.2 Å². The summed E-state index contributed by atoms with van der Waals surface area (Å²) < 4.78 is 4.92. The summed E-state index contributed by atoms with van der Waals surface area (Å²) in [5, 5.41) is 14.0. The number of hydrogen-bond acceptors (Lipinski definition) is 5. The molecule has 1 rings (SSSR count). The van der Waals surface area contributed by atoms with Crippen molar-refractivity contribution in [1.29, 1.82) is 0 Å². The number of nitro benzene ring substituents is 1. The Labute approximate surface area is 102 Å². The molecule has 0 atom stereocenters. The molecule has 0 fully saturated rings. The van der Waals surface area contributed by atoms with Gasteiger partial charge in [0.25, 0.3) is 5.69 Å². The minimum Gasteiger partial charge on any atom is -0.496 e. The number of anilines is 1. The molecule has 0 unspecified atom stereocenters. The van der Waals surface area contributed by atoms with Gasteiger partial charge in [0, 0.05) is 4.91 Å². The van der Waals surface area contributed by atoms with Gasteiger partial charge in [-0.25, -0.2) is 0 Å². The van der Waals surface area contributed by atoms with Crippen LogP contribution in [0.2, 0.25) is 0 Å². The summed E-state index contributed by atoms with van der Waals surface area (Å²) in [6.45, 7) is -0.0407. The van der Waals surface area contributed by atoms with E-state index in [4.69, 9.17) is 16.0 Å². The van der Waals surface area contributed by atoms with Crippen LogP contribution in [0.4, 0.5) is 11.4 Å². The van der Waals surface area contributed by atoms with Crippen LogP contribution >= 0.6 is 0 Å². The lowest BCUT2D eigenvalue weighted by molar-refractivity contribution is -0.384. The van der Waals surface area contributed by atoms with E-state index in [0.29, 0.717) is 0 Å². The third-order valence-electron chi connectivity index (χ3n) is 2.00. The second-order valence-electron chi connectivity index (χ2n) is 3.06. The molecule has 0 heterocycles. The molecule has 2 N–H and O–H groups in total. The van der Waals surface area contributed by atoms with Crippen LogP contribution in [0.5, 0.6) is 5.75 Å². The summed E-state index contributed by atoms with van der Waals surface area (Å²) in [5.74, 6) is 5.41. The Morgan fingerprint density at radius 1 is 1.67 bits per heavy atom. The molecule has 8 heteroatoms. The molecule has 0 aromatic heterocycles. The molecule has 92 valence electrons. The molecule has 0 aliphatic rings. The first-order valence-electron chi connectivity index (χ1n) is 4.71. The second kappa shape index (κ2) is 5.98. The number of azide groups is 1. The van der Waals surface area contributed by atoms with Gasteiger partial charge in [-0.1, -0.05) is 17.0 Å². The molecule has 18 heavy (non-hydrogen) atoms. The van der Waals surface area contributed by atoms with Crippen molar-refractivity contribution in [1.82, 2.24) is 0 Å². The van der Waals surface area contributed by atoms with Crippen molar-refractivity contribution in [2.75, 3.05) is 19.4 Å². The number of methoxy groups -OCH3 is 1. The summed E-state index contributed by atoms with van der Waals surface area (Å²) in [6, 6.07) is 2.69. The van der Waals surface area contributed by atoms with Crippen molar-refractivity contribution >= 4 is 11.4 Å². The minimum atomic E-state index is -0.615. The molecule has 1 aromatic carbocycles. The number of nitrogens with two attached hydrogens (primary N) is 1. The van der Waals surface area contributed by atoms with E-state index in [1.165, 1.54) is 19.2 Å². The first-order valence-corrected chi connectivity index (χ1v) is 4.71. The zero-order valence-corrected chi connectivity index (χ0v) is 9.45. The SMILES string of the molecule is COc1cc(C#CCN=[N+]=[N-])c(N)c([N+](=O)[O-])c1. The van der Waals surface area contributed by atoms with Crippen molar-refractivity contribution in [3.8, 4) is 17.6 Å². The van der Waals surface area contributed by atoms with E-state index in [-0.39, 0.29) is 29.2 Å². The minimum absolute atomic E-state index is 0.0407. The van der Waals surface area contributed by atoms with E-state index in [9.17, 15) is 10.1 Å². The molecule has 0 bridgehead atoms. The molecule has 0 spiro atoms. The smallest absolute Gasteiger partial charge is 0.297 e. The van der Waals surface area contributed by atoms with Gasteiger partial charge in [0.2, 0.25) is 0 Å². The normalized spacial score (nSPS) is 8.72. The summed E-state index contributed by atoms with van der Waals surface area (Å²) in [6.07, 6.45) is 0. The van der Waals surface area contributed by atoms with Crippen LogP contribution in [0.1, 0.15) is 5.56 Å². The molecule has 0 saturated heterocycles. The Morgan fingerprint density at radius 3 is 2.94 bits per heavy atom. The number of rotatable bonds is 3. The largest absolute Gasteiger partial charge is 0.496 e. The van der Waals surface area contributed by atoms with Crippen LogP contribution < -0.4 is 10.5 Å². The van der Waals surface area contributed by atoms with Crippen LogP contribution in [0.25, 0.3) is 10.4 Å². The molecule has 0 amide bonds. The molecule has 0 radical (unpaired) electrons. The lowest BCUT2D eigenvalue weighted by Gasteiger charge is -2.04. The molecule has 1 aromatic rings. The lowest BCUT2D eigenvalue weighted by atomic mass is 10.1. The van der Waals surface area contributed by atoms with Crippen molar-refractivity contribution in [2.24, 2.45) is 5.11 Å². The summed E-state index contributed by atoms with van der Waals surface area (Å²) in [5.41, 5.74) is 13.6. The maximum atomic E-state index is 10.8. The fourth-order valence-corrected chi connectivity index (χ4v) is 1.19. The predicted molar refractivity (Wildman–Crippen MR) is 65.0 cm³/mol. The maximum absolute atomic E-state index is 10.8. The standard InChI is InChI=1S/C10H9N5O3/c1-18-8-5-7(3-2-4-13-14-12)10(11)9(6-8)15(16)17/h5-6H,4,11H2,1H3. The zero-order chi connectivity index (χ0) is 13.5. The van der Waals surface area contributed by atoms with Gasteiger partial charge in [-0.2, -0.15) is 0 Å². The lowest BCUT2D eigenvalue weighted by Crippen LogP contribution is -1.99. The topological polar surface area (TPSA) is 127 Å². The maximum Gasteiger partial charge on any atom is 0.297 e. The van der Waals surface area contributed by atoms with E-state index < -0.39 is 4.92 Å². The molecular weight excluding hydrogens is 238 g/mol. The number of ether oxygens (including phenoxy) is 1. The van der Waals surface area contributed by atoms with Crippen molar-refractivity contribution in [2.45, 2.75) is 0 Å². The van der Waals surface area contributed by atoms with Crippen LogP contribution in [0.15, 0.2) is 17.2 Å². The third kappa shape index (κ3) is 3.04. The summed E-state index contributed by atoms with van der Waals surface area (Å²) >= 11 is 0. The monoisotopic (exact) mass is 247 g/mol. The third-order valence-corrected chi connectivity index (χ3v) is 2.00. The van der Waals surface area contributed by atoms with Crippen LogP contribution in [0, 0.1) is 22.0 Å². The van der Waals surface area contributed by atoms with E-state index >= 15 is 0 Å². The van der Waals surface area contributed by atoms with Crippen LogP contribution in [-0.4, -0.2) is 18.6 Å². The van der Waals surface area contributed by atoms with Crippen LogP contribution in [0.3, 0.4) is 0 Å². The average molecular weight is 247 g/mol. The molecule has 0 aliphatic heterocycles. The predicted octanol–water partition coefficient (Wildman–Crippen LogP) is 1.85. The number of nitro groups is 1. The number of hydrogen-bond donors (Lipinski definition) is 1. The van der Waals surface area contributed by atoms with E-state index in [0.717, 1.165) is 0 Å². The Morgan fingerprint density at radius 2 is 2.39 bits per heavy atom. The van der Waals surface area contributed by atoms with Gasteiger partial charge in [-0.3, -0.25) is 10.1 Å². The highest BCUT2D eigenvalue weighted by molar-refractivity contribution is 5.70. The number of nitrogen functional groups attached to an aromatic ring is 1. The van der Waals surface area contributed by atoms with Gasteiger partial charge < -0.3 is 10.5 Å². The first kappa shape index (κ1) is 13.2. The molecule has 8 nitrogen and oxygen atoms in total. The second-order valence-corrected chi connectivity index (χ2v) is 3.06. The molecule has 0 saturated carbocycles. The quantitative estimate of drug-likeness (QED) is 0.166. The van der Waals surface area contributed by atoms with Crippen molar-refractivity contribution < 1.29 is 9.66 Å². The fourth-order valence-electron chi connectivity index (χ4n) is 1.19. The van der Waals surface area contributed by atoms with Gasteiger partial charge >= 0.3 is 0 Å². The number of benzene rings is 1. The van der Waals surface area contributed by atoms with Crippen molar-refractivity contribution in [3.63, 3.8) is 0 Å². The van der Waals surface area contributed by atoms with Crippen molar-refractivity contribution in [3.05, 3.63) is 38.3 Å². The summed E-state index contributed by atoms with van der Waals surface area (Å²) in [4.78, 5) is 12.7. The van der Waals surface area contributed by atoms with Crippen LogP contribution in [-0.2, 0) is 0 Å². The zero-order valence-electron chi connectivity index (χ0n) is 9.45. The Balaban J connectivity index is 3.24. The Hall–Kier alpha value is -2.91. The molecule has 0 aliphatic carbocycles. The Bertz CT molecular complexity index is 581. The van der Waals surface area contributed by atoms with Gasteiger partial charge in [-0.15, -0.1) is 0 Å². The Kier molecular flexibility index (Phi) is 4.37. The average Bonchev–Trinajstić information content (AvgIpc) is 2.36. The van der Waals surface area contributed by atoms with E-state index in [1.807, 2.05) is 0 Å². The highest BCUT2D eigenvalue weighted by atomic mass is 16.6. The van der Waals surface area contributed by atoms with Gasteiger partial charge in [0.1, 0.15) is 11.4 Å². The van der Waals surface area contributed by atoms with Gasteiger partial charge in [-0.05, 0) is 11.6 Å². The van der Waals surface area contributed by atoms with E-state index in [2.05, 4.69) is 21.9 Å². The number of nitrogens with zero attached hydrogens (tertiary/aromatic N) is 4. The first-order chi connectivity index (χ1) is 8.60. The van der Waals surface area contributed by atoms with E-state index in [1.54, 1.807) is 0 Å². The highest BCUT2D eigenvalue weighted by Crippen LogP contribution is 2.30. The van der Waals surface area contributed by atoms with Gasteiger partial charge in [0.15, 0.2) is 0 Å². The fraction of sp³-hybridized carbons (Fsp3) is 0.200. The molecular formula is C10H9N5O3. The highest BCUT2D eigenvalue weighted by Gasteiger charge is 2.16.